The van der Waals surface area contributed by atoms with Gasteiger partial charge in [0.05, 0.1) is 5.69 Å². The molecule has 1 aromatic carbocycles. The zero-order valence-electron chi connectivity index (χ0n) is 10.4. The SMILES string of the molecule is C[C@@H](N)c1ccc(N2CCNC(=O)CC2)c(F)c1. The lowest BCUT2D eigenvalue weighted by molar-refractivity contribution is -0.120. The van der Waals surface area contributed by atoms with Gasteiger partial charge in [-0.3, -0.25) is 4.79 Å². The maximum atomic E-state index is 14.0. The number of hydrogen-bond donors (Lipinski definition) is 2. The van der Waals surface area contributed by atoms with Crippen LogP contribution in [0, 0.1) is 5.82 Å². The lowest BCUT2D eigenvalue weighted by Crippen LogP contribution is -2.29. The number of halogens is 1. The van der Waals surface area contributed by atoms with Gasteiger partial charge in [0, 0.05) is 32.1 Å². The van der Waals surface area contributed by atoms with E-state index in [0.29, 0.717) is 31.7 Å². The fourth-order valence-electron chi connectivity index (χ4n) is 2.07. The Morgan fingerprint density at radius 2 is 2.22 bits per heavy atom. The molecule has 0 saturated carbocycles. The Balaban J connectivity index is 2.20. The van der Waals surface area contributed by atoms with Gasteiger partial charge in [-0.2, -0.15) is 0 Å². The summed E-state index contributed by atoms with van der Waals surface area (Å²) < 4.78 is 14.0. The number of carbonyl (C=O) groups excluding carboxylic acids is 1. The van der Waals surface area contributed by atoms with E-state index in [1.165, 1.54) is 6.07 Å². The summed E-state index contributed by atoms with van der Waals surface area (Å²) in [5.41, 5.74) is 7.04. The van der Waals surface area contributed by atoms with Crippen molar-refractivity contribution in [3.05, 3.63) is 29.6 Å². The number of nitrogens with zero attached hydrogens (tertiary/aromatic N) is 1. The van der Waals surface area contributed by atoms with Crippen LogP contribution in [0.3, 0.4) is 0 Å². The predicted octanol–water partition coefficient (Wildman–Crippen LogP) is 1.17. The molecule has 0 radical (unpaired) electrons. The van der Waals surface area contributed by atoms with Crippen LogP contribution in [0.2, 0.25) is 0 Å². The molecule has 3 N–H and O–H groups in total. The molecule has 1 fully saturated rings. The van der Waals surface area contributed by atoms with Gasteiger partial charge in [0.1, 0.15) is 5.82 Å². The van der Waals surface area contributed by atoms with Crippen molar-refractivity contribution in [2.24, 2.45) is 5.73 Å². The van der Waals surface area contributed by atoms with E-state index in [1.54, 1.807) is 6.07 Å². The molecule has 98 valence electrons. The van der Waals surface area contributed by atoms with E-state index in [2.05, 4.69) is 5.32 Å². The minimum absolute atomic E-state index is 0.0186. The van der Waals surface area contributed by atoms with Crippen LogP contribution in [0.15, 0.2) is 18.2 Å². The maximum Gasteiger partial charge on any atom is 0.221 e. The number of anilines is 1. The number of rotatable bonds is 2. The van der Waals surface area contributed by atoms with E-state index in [1.807, 2.05) is 17.9 Å². The van der Waals surface area contributed by atoms with Gasteiger partial charge in [0.2, 0.25) is 5.91 Å². The van der Waals surface area contributed by atoms with Crippen LogP contribution in [0.4, 0.5) is 10.1 Å². The van der Waals surface area contributed by atoms with Crippen LogP contribution in [-0.4, -0.2) is 25.5 Å². The Morgan fingerprint density at radius 1 is 1.44 bits per heavy atom. The number of amides is 1. The van der Waals surface area contributed by atoms with Crippen molar-refractivity contribution in [2.45, 2.75) is 19.4 Å². The molecule has 2 rings (SSSR count). The summed E-state index contributed by atoms with van der Waals surface area (Å²) >= 11 is 0. The lowest BCUT2D eigenvalue weighted by Gasteiger charge is -2.23. The van der Waals surface area contributed by atoms with Gasteiger partial charge in [-0.25, -0.2) is 4.39 Å². The fraction of sp³-hybridized carbons (Fsp3) is 0.462. The number of nitrogens with two attached hydrogens (primary N) is 1. The van der Waals surface area contributed by atoms with Crippen molar-refractivity contribution < 1.29 is 9.18 Å². The highest BCUT2D eigenvalue weighted by atomic mass is 19.1. The Bertz CT molecular complexity index is 448. The van der Waals surface area contributed by atoms with Gasteiger partial charge in [-0.1, -0.05) is 6.07 Å². The number of benzene rings is 1. The van der Waals surface area contributed by atoms with Gasteiger partial charge in [0.15, 0.2) is 0 Å². The first kappa shape index (κ1) is 12.8. The average Bonchev–Trinajstić information content (AvgIpc) is 2.54. The van der Waals surface area contributed by atoms with Crippen LogP contribution in [-0.2, 0) is 4.79 Å². The van der Waals surface area contributed by atoms with E-state index >= 15 is 0 Å². The molecule has 1 aliphatic heterocycles. The minimum atomic E-state index is -0.279. The van der Waals surface area contributed by atoms with Crippen molar-refractivity contribution in [1.29, 1.82) is 0 Å². The summed E-state index contributed by atoms with van der Waals surface area (Å²) in [7, 11) is 0. The summed E-state index contributed by atoms with van der Waals surface area (Å²) in [5.74, 6) is -0.260. The molecule has 0 aliphatic carbocycles. The van der Waals surface area contributed by atoms with Crippen LogP contribution in [0.1, 0.15) is 24.9 Å². The van der Waals surface area contributed by atoms with E-state index < -0.39 is 0 Å². The normalized spacial score (nSPS) is 18.2. The Kier molecular flexibility index (Phi) is 3.81. The molecule has 4 nitrogen and oxygen atoms in total. The fourth-order valence-corrected chi connectivity index (χ4v) is 2.07. The average molecular weight is 251 g/mol. The highest BCUT2D eigenvalue weighted by molar-refractivity contribution is 5.77. The van der Waals surface area contributed by atoms with Gasteiger partial charge >= 0.3 is 0 Å². The third kappa shape index (κ3) is 2.79. The van der Waals surface area contributed by atoms with Crippen molar-refractivity contribution >= 4 is 11.6 Å². The second-order valence-corrected chi connectivity index (χ2v) is 4.59. The molecule has 1 aliphatic rings. The van der Waals surface area contributed by atoms with Crippen molar-refractivity contribution in [3.63, 3.8) is 0 Å². The first-order valence-electron chi connectivity index (χ1n) is 6.14. The second kappa shape index (κ2) is 5.35. The van der Waals surface area contributed by atoms with Crippen molar-refractivity contribution in [2.75, 3.05) is 24.5 Å². The van der Waals surface area contributed by atoms with Crippen molar-refractivity contribution in [3.8, 4) is 0 Å². The summed E-state index contributed by atoms with van der Waals surface area (Å²) in [4.78, 5) is 13.1. The van der Waals surface area contributed by atoms with Crippen LogP contribution >= 0.6 is 0 Å². The topological polar surface area (TPSA) is 58.4 Å². The van der Waals surface area contributed by atoms with Crippen LogP contribution in [0.25, 0.3) is 0 Å². The van der Waals surface area contributed by atoms with Crippen LogP contribution < -0.4 is 16.0 Å². The number of nitrogens with one attached hydrogen (secondary N) is 1. The first-order chi connectivity index (χ1) is 8.58. The van der Waals surface area contributed by atoms with Crippen molar-refractivity contribution in [1.82, 2.24) is 5.32 Å². The Hall–Kier alpha value is -1.62. The molecule has 1 heterocycles. The van der Waals surface area contributed by atoms with Crippen LogP contribution in [0.5, 0.6) is 0 Å². The third-order valence-corrected chi connectivity index (χ3v) is 3.15. The molecule has 1 atom stereocenters. The molecular weight excluding hydrogens is 233 g/mol. The molecule has 0 spiro atoms. The molecule has 1 saturated heterocycles. The molecular formula is C13H18FN3O. The lowest BCUT2D eigenvalue weighted by atomic mass is 10.1. The largest absolute Gasteiger partial charge is 0.367 e. The summed E-state index contributed by atoms with van der Waals surface area (Å²) in [6.45, 7) is 3.54. The van der Waals surface area contributed by atoms with Gasteiger partial charge in [-0.15, -0.1) is 0 Å². The smallest absolute Gasteiger partial charge is 0.221 e. The molecule has 0 bridgehead atoms. The van der Waals surface area contributed by atoms with E-state index in [-0.39, 0.29) is 17.8 Å². The van der Waals surface area contributed by atoms with Gasteiger partial charge in [0.25, 0.3) is 0 Å². The van der Waals surface area contributed by atoms with Gasteiger partial charge in [-0.05, 0) is 24.6 Å². The number of carbonyl (C=O) groups is 1. The zero-order chi connectivity index (χ0) is 13.1. The minimum Gasteiger partial charge on any atom is -0.367 e. The quantitative estimate of drug-likeness (QED) is 0.829. The third-order valence-electron chi connectivity index (χ3n) is 3.15. The molecule has 0 unspecified atom stereocenters. The first-order valence-corrected chi connectivity index (χ1v) is 6.14. The molecule has 1 amide bonds. The molecule has 5 heteroatoms. The molecule has 18 heavy (non-hydrogen) atoms. The second-order valence-electron chi connectivity index (χ2n) is 4.59. The van der Waals surface area contributed by atoms with E-state index in [9.17, 15) is 9.18 Å². The molecule has 0 aromatic heterocycles. The summed E-state index contributed by atoms with van der Waals surface area (Å²) in [5, 5.41) is 2.77. The standard InChI is InChI=1S/C13H18FN3O/c1-9(15)10-2-3-12(11(14)8-10)17-6-4-13(18)16-5-7-17/h2-3,8-9H,4-7,15H2,1H3,(H,16,18)/t9-/m1/s1. The highest BCUT2D eigenvalue weighted by Crippen LogP contribution is 2.23. The molecule has 1 aromatic rings. The monoisotopic (exact) mass is 251 g/mol. The van der Waals surface area contributed by atoms with Gasteiger partial charge < -0.3 is 16.0 Å². The summed E-state index contributed by atoms with van der Waals surface area (Å²) in [6, 6.07) is 4.87. The number of hydrogen-bond acceptors (Lipinski definition) is 3. The Labute approximate surface area is 106 Å². The Morgan fingerprint density at radius 3 is 2.89 bits per heavy atom. The zero-order valence-corrected chi connectivity index (χ0v) is 10.4. The van der Waals surface area contributed by atoms with E-state index in [0.717, 1.165) is 5.56 Å². The van der Waals surface area contributed by atoms with E-state index in [4.69, 9.17) is 5.73 Å². The predicted molar refractivity (Wildman–Crippen MR) is 68.8 cm³/mol. The maximum absolute atomic E-state index is 14.0. The summed E-state index contributed by atoms with van der Waals surface area (Å²) in [6.07, 6.45) is 0.397. The highest BCUT2D eigenvalue weighted by Gasteiger charge is 2.17.